The second-order valence-corrected chi connectivity index (χ2v) is 10.9. The fourth-order valence-corrected chi connectivity index (χ4v) is 3.55. The Morgan fingerprint density at radius 1 is 0.735 bits per heavy atom. The van der Waals surface area contributed by atoms with Gasteiger partial charge in [-0.05, 0) is 25.7 Å². The first kappa shape index (κ1) is 32.2. The molecule has 1 fully saturated rings. The summed E-state index contributed by atoms with van der Waals surface area (Å²) >= 11 is 18.0. The lowest BCUT2D eigenvalue weighted by Crippen LogP contribution is -2.62. The summed E-state index contributed by atoms with van der Waals surface area (Å²) in [5, 5.41) is 0. The molecule has 0 aromatic carbocycles. The fraction of sp³-hybridized carbons (Fsp3) is 0.920. The first-order chi connectivity index (χ1) is 16.3. The van der Waals surface area contributed by atoms with E-state index < -0.39 is 28.4 Å². The molecule has 0 N–H and O–H groups in total. The van der Waals surface area contributed by atoms with Crippen molar-refractivity contribution in [2.24, 2.45) is 0 Å². The lowest BCUT2D eigenvalue weighted by atomic mass is 9.98. The highest BCUT2D eigenvalue weighted by Crippen LogP contribution is 2.38. The zero-order valence-corrected chi connectivity index (χ0v) is 23.6. The van der Waals surface area contributed by atoms with Gasteiger partial charge in [0.1, 0.15) is 30.2 Å². The van der Waals surface area contributed by atoms with E-state index in [-0.39, 0.29) is 11.9 Å². The van der Waals surface area contributed by atoms with Gasteiger partial charge in [0.15, 0.2) is 0 Å². The zero-order valence-electron chi connectivity index (χ0n) is 21.4. The van der Waals surface area contributed by atoms with E-state index in [1.165, 1.54) is 0 Å². The Labute approximate surface area is 221 Å². The second-order valence-electron chi connectivity index (χ2n) is 8.58. The minimum atomic E-state index is -1.79. The van der Waals surface area contributed by atoms with Crippen LogP contribution >= 0.6 is 34.8 Å². The van der Waals surface area contributed by atoms with Crippen LogP contribution in [0.15, 0.2) is 12.3 Å². The molecule has 0 spiro atoms. The van der Waals surface area contributed by atoms with E-state index >= 15 is 0 Å². The molecular weight excluding hydrogens is 503 g/mol. The number of allylic oxidation sites excluding steroid dienone is 1. The molecule has 0 saturated carbocycles. The molecule has 0 bridgehead atoms. The van der Waals surface area contributed by atoms with Crippen molar-refractivity contribution in [3.63, 3.8) is 0 Å². The summed E-state index contributed by atoms with van der Waals surface area (Å²) in [5.41, 5.74) is 0. The van der Waals surface area contributed by atoms with Gasteiger partial charge >= 0.3 is 0 Å². The van der Waals surface area contributed by atoms with Crippen LogP contribution in [0.4, 0.5) is 0 Å². The van der Waals surface area contributed by atoms with Crippen molar-refractivity contribution in [3.05, 3.63) is 12.3 Å². The minimum absolute atomic E-state index is 0.0325. The van der Waals surface area contributed by atoms with Crippen molar-refractivity contribution in [1.82, 2.24) is 0 Å². The second kappa shape index (κ2) is 18.5. The lowest BCUT2D eigenvalue weighted by molar-refractivity contribution is -0.316. The predicted octanol–water partition coefficient (Wildman–Crippen LogP) is 6.98. The Kier molecular flexibility index (Phi) is 17.5. The Morgan fingerprint density at radius 3 is 1.71 bits per heavy atom. The van der Waals surface area contributed by atoms with E-state index in [1.807, 2.05) is 0 Å². The van der Waals surface area contributed by atoms with Crippen molar-refractivity contribution in [3.8, 4) is 0 Å². The van der Waals surface area contributed by atoms with Crippen LogP contribution in [0.1, 0.15) is 79.1 Å². The average molecular weight is 548 g/mol. The number of unbranched alkanes of at least 4 members (excludes halogenated alkanes) is 4. The molecule has 1 aliphatic heterocycles. The Hall–Kier alpha value is 0.210. The Balaban J connectivity index is 3.19. The highest BCUT2D eigenvalue weighted by Gasteiger charge is 2.50. The monoisotopic (exact) mass is 546 g/mol. The molecule has 6 nitrogen and oxygen atoms in total. The Bertz CT molecular complexity index is 531. The van der Waals surface area contributed by atoms with Crippen LogP contribution in [0.3, 0.4) is 0 Å². The summed E-state index contributed by atoms with van der Waals surface area (Å²) in [6.07, 6.45) is 5.11. The number of hydrogen-bond acceptors (Lipinski definition) is 6. The maximum atomic E-state index is 6.37. The highest BCUT2D eigenvalue weighted by molar-refractivity contribution is 6.69. The molecule has 0 radical (unpaired) electrons. The molecule has 0 aromatic rings. The van der Waals surface area contributed by atoms with E-state index in [1.54, 1.807) is 0 Å². The maximum Gasteiger partial charge on any atom is 0.247 e. The molecule has 1 rings (SSSR count). The molecule has 34 heavy (non-hydrogen) atoms. The summed E-state index contributed by atoms with van der Waals surface area (Å²) in [6, 6.07) is 0. The smallest absolute Gasteiger partial charge is 0.247 e. The van der Waals surface area contributed by atoms with E-state index in [4.69, 9.17) is 63.2 Å². The molecule has 1 heterocycles. The van der Waals surface area contributed by atoms with Crippen molar-refractivity contribution in [2.45, 2.75) is 114 Å². The van der Waals surface area contributed by atoms with Crippen LogP contribution in [-0.2, 0) is 28.4 Å². The first-order valence-electron chi connectivity index (χ1n) is 12.8. The number of rotatable bonds is 19. The standard InChI is InChI=1S/C25H45Cl3O6/c1-6-10-14-29-18-20-21(30-15-11-7-2)22(31-16-12-8-3)23(32-17-13-9-4)24(34-20)33-19(5)25(26,27)28/h20-24H,5-18H2,1-4H3/t20?,21-,22?,23-,24+/m0/s1. The molecule has 9 heteroatoms. The topological polar surface area (TPSA) is 55.4 Å². The van der Waals surface area contributed by atoms with Crippen molar-refractivity contribution < 1.29 is 28.4 Å². The van der Waals surface area contributed by atoms with Crippen LogP contribution in [-0.4, -0.2) is 67.5 Å². The third-order valence-electron chi connectivity index (χ3n) is 5.51. The molecule has 0 aliphatic carbocycles. The number of ether oxygens (including phenoxy) is 6. The van der Waals surface area contributed by atoms with E-state index in [0.717, 1.165) is 51.4 Å². The van der Waals surface area contributed by atoms with Crippen LogP contribution in [0, 0.1) is 0 Å². The summed E-state index contributed by atoms with van der Waals surface area (Å²) in [4.78, 5) is 0. The van der Waals surface area contributed by atoms with Gasteiger partial charge in [0.2, 0.25) is 10.1 Å². The van der Waals surface area contributed by atoms with Gasteiger partial charge < -0.3 is 28.4 Å². The van der Waals surface area contributed by atoms with E-state index in [0.29, 0.717) is 33.0 Å². The first-order valence-corrected chi connectivity index (χ1v) is 13.9. The minimum Gasteiger partial charge on any atom is -0.462 e. The lowest BCUT2D eigenvalue weighted by Gasteiger charge is -2.46. The van der Waals surface area contributed by atoms with Crippen LogP contribution in [0.25, 0.3) is 0 Å². The van der Waals surface area contributed by atoms with Gasteiger partial charge in [0.25, 0.3) is 0 Å². The largest absolute Gasteiger partial charge is 0.462 e. The van der Waals surface area contributed by atoms with Crippen molar-refractivity contribution in [1.29, 1.82) is 0 Å². The third-order valence-corrected chi connectivity index (χ3v) is 6.15. The van der Waals surface area contributed by atoms with Gasteiger partial charge in [0.05, 0.1) is 6.61 Å². The summed E-state index contributed by atoms with van der Waals surface area (Å²) in [7, 11) is 0. The Morgan fingerprint density at radius 2 is 1.21 bits per heavy atom. The third kappa shape index (κ3) is 12.0. The molecular formula is C25H45Cl3O6. The zero-order chi connectivity index (χ0) is 25.4. The maximum absolute atomic E-state index is 6.37. The van der Waals surface area contributed by atoms with E-state index in [9.17, 15) is 0 Å². The van der Waals surface area contributed by atoms with Gasteiger partial charge in [-0.3, -0.25) is 0 Å². The van der Waals surface area contributed by atoms with Gasteiger partial charge in [-0.1, -0.05) is 94.8 Å². The fourth-order valence-electron chi connectivity index (χ4n) is 3.42. The van der Waals surface area contributed by atoms with Crippen molar-refractivity contribution in [2.75, 3.05) is 33.0 Å². The SMILES string of the molecule is C=C(O[C@@H]1OC(COCCCC)[C@H](OCCCC)C(OCCCC)[C@@H]1OCCCC)C(Cl)(Cl)Cl. The number of alkyl halides is 3. The van der Waals surface area contributed by atoms with Crippen LogP contribution in [0.5, 0.6) is 0 Å². The molecule has 1 saturated heterocycles. The van der Waals surface area contributed by atoms with Crippen LogP contribution in [0.2, 0.25) is 0 Å². The highest BCUT2D eigenvalue weighted by atomic mass is 35.6. The van der Waals surface area contributed by atoms with Crippen molar-refractivity contribution >= 4 is 34.8 Å². The molecule has 0 amide bonds. The molecule has 0 aromatic heterocycles. The van der Waals surface area contributed by atoms with E-state index in [2.05, 4.69) is 34.3 Å². The molecule has 202 valence electrons. The summed E-state index contributed by atoms with van der Waals surface area (Å²) < 4.78 is 35.4. The van der Waals surface area contributed by atoms with Gasteiger partial charge in [0, 0.05) is 26.4 Å². The number of hydrogen-bond donors (Lipinski definition) is 0. The molecule has 5 atom stereocenters. The quantitative estimate of drug-likeness (QED) is 0.0987. The van der Waals surface area contributed by atoms with Crippen LogP contribution < -0.4 is 0 Å². The van der Waals surface area contributed by atoms with Gasteiger partial charge in [-0.25, -0.2) is 0 Å². The number of halogens is 3. The summed E-state index contributed by atoms with van der Waals surface area (Å²) in [6.45, 7) is 14.9. The van der Waals surface area contributed by atoms with Gasteiger partial charge in [-0.2, -0.15) is 0 Å². The average Bonchev–Trinajstić information content (AvgIpc) is 2.79. The van der Waals surface area contributed by atoms with Gasteiger partial charge in [-0.15, -0.1) is 0 Å². The predicted molar refractivity (Wildman–Crippen MR) is 139 cm³/mol. The molecule has 1 aliphatic rings. The molecule has 2 unspecified atom stereocenters. The normalized spacial score (nSPS) is 25.4. The summed E-state index contributed by atoms with van der Waals surface area (Å²) in [5.74, 6) is -0.0325.